The molecule has 0 saturated carbocycles. The third kappa shape index (κ3) is 3.31. The zero-order valence-electron chi connectivity index (χ0n) is 12.8. The van der Waals surface area contributed by atoms with Crippen LogP contribution in [0.25, 0.3) is 0 Å². The first-order chi connectivity index (χ1) is 10.6. The van der Waals surface area contributed by atoms with Crippen LogP contribution in [0.3, 0.4) is 0 Å². The second-order valence-electron chi connectivity index (χ2n) is 4.83. The Morgan fingerprint density at radius 3 is 2.41 bits per heavy atom. The van der Waals surface area contributed by atoms with E-state index >= 15 is 0 Å². The van der Waals surface area contributed by atoms with E-state index in [4.69, 9.17) is 9.47 Å². The molecule has 0 fully saturated rings. The van der Waals surface area contributed by atoms with E-state index in [9.17, 15) is 9.90 Å². The van der Waals surface area contributed by atoms with Crippen LogP contribution in [0.4, 0.5) is 0 Å². The van der Waals surface area contributed by atoms with Crippen molar-refractivity contribution in [3.63, 3.8) is 0 Å². The Kier molecular flexibility index (Phi) is 4.88. The molecule has 0 aliphatic heterocycles. The van der Waals surface area contributed by atoms with Crippen LogP contribution >= 0.6 is 0 Å². The molecule has 0 spiro atoms. The summed E-state index contributed by atoms with van der Waals surface area (Å²) in [5, 5.41) is 12.6. The van der Waals surface area contributed by atoms with Crippen LogP contribution in [-0.4, -0.2) is 25.2 Å². The van der Waals surface area contributed by atoms with Crippen molar-refractivity contribution < 1.29 is 19.4 Å². The zero-order chi connectivity index (χ0) is 16.1. The van der Waals surface area contributed by atoms with Gasteiger partial charge in [-0.25, -0.2) is 0 Å². The number of ether oxygens (including phenoxy) is 2. The number of hydrogen-bond acceptors (Lipinski definition) is 4. The summed E-state index contributed by atoms with van der Waals surface area (Å²) < 4.78 is 10.4. The molecule has 1 unspecified atom stereocenters. The van der Waals surface area contributed by atoms with Gasteiger partial charge in [0.25, 0.3) is 5.91 Å². The van der Waals surface area contributed by atoms with Crippen molar-refractivity contribution in [2.75, 3.05) is 14.2 Å². The standard InChI is InChI=1S/C17H19NO4/c1-11(12-8-9-15(21-2)16(10-12)22-3)18-17(20)13-6-4-5-7-14(13)19/h4-11,19H,1-3H3,(H,18,20). The number of carbonyl (C=O) groups is 1. The molecule has 0 aromatic heterocycles. The Bertz CT molecular complexity index is 669. The monoisotopic (exact) mass is 301 g/mol. The number of para-hydroxylation sites is 1. The summed E-state index contributed by atoms with van der Waals surface area (Å²) in [6.45, 7) is 1.86. The molecule has 1 amide bonds. The topological polar surface area (TPSA) is 67.8 Å². The minimum atomic E-state index is -0.333. The molecule has 0 heterocycles. The lowest BCUT2D eigenvalue weighted by atomic mass is 10.1. The number of rotatable bonds is 5. The van der Waals surface area contributed by atoms with Crippen molar-refractivity contribution in [3.8, 4) is 17.2 Å². The smallest absolute Gasteiger partial charge is 0.255 e. The first-order valence-corrected chi connectivity index (χ1v) is 6.87. The Morgan fingerprint density at radius 2 is 1.77 bits per heavy atom. The first-order valence-electron chi connectivity index (χ1n) is 6.87. The van der Waals surface area contributed by atoms with Crippen molar-refractivity contribution in [2.24, 2.45) is 0 Å². The summed E-state index contributed by atoms with van der Waals surface area (Å²) in [5.41, 5.74) is 1.12. The Balaban J connectivity index is 2.17. The van der Waals surface area contributed by atoms with Gasteiger partial charge in [-0.15, -0.1) is 0 Å². The molecule has 2 aromatic rings. The van der Waals surface area contributed by atoms with Gasteiger partial charge in [-0.1, -0.05) is 18.2 Å². The highest BCUT2D eigenvalue weighted by Gasteiger charge is 2.15. The summed E-state index contributed by atoms with van der Waals surface area (Å²) >= 11 is 0. The predicted molar refractivity (Wildman–Crippen MR) is 83.5 cm³/mol. The Labute approximate surface area is 129 Å². The van der Waals surface area contributed by atoms with Gasteiger partial charge >= 0.3 is 0 Å². The summed E-state index contributed by atoms with van der Waals surface area (Å²) in [6.07, 6.45) is 0. The van der Waals surface area contributed by atoms with E-state index in [-0.39, 0.29) is 23.3 Å². The molecule has 2 aromatic carbocycles. The number of aromatic hydroxyl groups is 1. The Hall–Kier alpha value is -2.69. The third-order valence-corrected chi connectivity index (χ3v) is 3.40. The van der Waals surface area contributed by atoms with E-state index in [1.54, 1.807) is 38.5 Å². The second kappa shape index (κ2) is 6.85. The first kappa shape index (κ1) is 15.7. The zero-order valence-corrected chi connectivity index (χ0v) is 12.8. The fourth-order valence-electron chi connectivity index (χ4n) is 2.15. The Morgan fingerprint density at radius 1 is 1.09 bits per heavy atom. The molecule has 0 radical (unpaired) electrons. The SMILES string of the molecule is COc1ccc(C(C)NC(=O)c2ccccc2O)cc1OC. The van der Waals surface area contributed by atoms with Crippen molar-refractivity contribution in [1.29, 1.82) is 0 Å². The number of amides is 1. The molecule has 116 valence electrons. The molecule has 2 rings (SSSR count). The fourth-order valence-corrected chi connectivity index (χ4v) is 2.15. The second-order valence-corrected chi connectivity index (χ2v) is 4.83. The van der Waals surface area contributed by atoms with Crippen LogP contribution in [0.15, 0.2) is 42.5 Å². The lowest BCUT2D eigenvalue weighted by Gasteiger charge is -2.17. The maximum atomic E-state index is 12.2. The molecule has 0 aliphatic rings. The van der Waals surface area contributed by atoms with Gasteiger partial charge < -0.3 is 19.9 Å². The molecule has 5 heteroatoms. The number of methoxy groups -OCH3 is 2. The van der Waals surface area contributed by atoms with Gasteiger partial charge in [0.1, 0.15) is 5.75 Å². The molecular formula is C17H19NO4. The average molecular weight is 301 g/mol. The van der Waals surface area contributed by atoms with E-state index in [0.29, 0.717) is 11.5 Å². The van der Waals surface area contributed by atoms with Crippen LogP contribution in [0.2, 0.25) is 0 Å². The lowest BCUT2D eigenvalue weighted by Crippen LogP contribution is -2.26. The summed E-state index contributed by atoms with van der Waals surface area (Å²) in [5.74, 6) is 0.856. The number of phenols is 1. The van der Waals surface area contributed by atoms with Crippen LogP contribution in [-0.2, 0) is 0 Å². The van der Waals surface area contributed by atoms with Gasteiger partial charge in [0.05, 0.1) is 25.8 Å². The maximum absolute atomic E-state index is 12.2. The predicted octanol–water partition coefficient (Wildman–Crippen LogP) is 2.90. The van der Waals surface area contributed by atoms with Crippen LogP contribution < -0.4 is 14.8 Å². The molecule has 1 atom stereocenters. The number of carbonyl (C=O) groups excluding carboxylic acids is 1. The van der Waals surface area contributed by atoms with Crippen LogP contribution in [0.1, 0.15) is 28.9 Å². The molecule has 5 nitrogen and oxygen atoms in total. The molecule has 22 heavy (non-hydrogen) atoms. The summed E-state index contributed by atoms with van der Waals surface area (Å²) in [6, 6.07) is 11.6. The van der Waals surface area contributed by atoms with Gasteiger partial charge in [-0.2, -0.15) is 0 Å². The highest BCUT2D eigenvalue weighted by atomic mass is 16.5. The van der Waals surface area contributed by atoms with Gasteiger partial charge in [-0.05, 0) is 36.8 Å². The molecule has 0 bridgehead atoms. The number of nitrogens with one attached hydrogen (secondary N) is 1. The van der Waals surface area contributed by atoms with E-state index in [1.807, 2.05) is 19.1 Å². The van der Waals surface area contributed by atoms with Crippen LogP contribution in [0.5, 0.6) is 17.2 Å². The third-order valence-electron chi connectivity index (χ3n) is 3.40. The summed E-state index contributed by atoms with van der Waals surface area (Å²) in [4.78, 5) is 12.2. The van der Waals surface area contributed by atoms with E-state index in [2.05, 4.69) is 5.32 Å². The molecular weight excluding hydrogens is 282 g/mol. The average Bonchev–Trinajstić information content (AvgIpc) is 2.54. The lowest BCUT2D eigenvalue weighted by molar-refractivity contribution is 0.0937. The van der Waals surface area contributed by atoms with E-state index in [1.165, 1.54) is 6.07 Å². The fraction of sp³-hybridized carbons (Fsp3) is 0.235. The van der Waals surface area contributed by atoms with Crippen molar-refractivity contribution in [1.82, 2.24) is 5.32 Å². The highest BCUT2D eigenvalue weighted by Crippen LogP contribution is 2.30. The van der Waals surface area contributed by atoms with E-state index < -0.39 is 0 Å². The van der Waals surface area contributed by atoms with Crippen molar-refractivity contribution >= 4 is 5.91 Å². The van der Waals surface area contributed by atoms with Crippen LogP contribution in [0, 0.1) is 0 Å². The highest BCUT2D eigenvalue weighted by molar-refractivity contribution is 5.96. The maximum Gasteiger partial charge on any atom is 0.255 e. The van der Waals surface area contributed by atoms with Gasteiger partial charge in [0, 0.05) is 0 Å². The van der Waals surface area contributed by atoms with Gasteiger partial charge in [-0.3, -0.25) is 4.79 Å². The molecule has 2 N–H and O–H groups in total. The normalized spacial score (nSPS) is 11.6. The van der Waals surface area contributed by atoms with Crippen molar-refractivity contribution in [2.45, 2.75) is 13.0 Å². The minimum Gasteiger partial charge on any atom is -0.507 e. The number of benzene rings is 2. The van der Waals surface area contributed by atoms with Crippen molar-refractivity contribution in [3.05, 3.63) is 53.6 Å². The van der Waals surface area contributed by atoms with Gasteiger partial charge in [0.15, 0.2) is 11.5 Å². The minimum absolute atomic E-state index is 0.0421. The quantitative estimate of drug-likeness (QED) is 0.891. The number of phenolic OH excluding ortho intramolecular Hbond substituents is 1. The number of hydrogen-bond donors (Lipinski definition) is 2. The summed E-state index contributed by atoms with van der Waals surface area (Å²) in [7, 11) is 3.13. The molecule has 0 saturated heterocycles. The van der Waals surface area contributed by atoms with Gasteiger partial charge in [0.2, 0.25) is 0 Å². The largest absolute Gasteiger partial charge is 0.507 e. The van der Waals surface area contributed by atoms with E-state index in [0.717, 1.165) is 5.56 Å². The molecule has 0 aliphatic carbocycles.